The minimum Gasteiger partial charge on any atom is -0.463 e. The summed E-state index contributed by atoms with van der Waals surface area (Å²) in [5, 5.41) is 9.89. The van der Waals surface area contributed by atoms with Gasteiger partial charge in [-0.3, -0.25) is 5.73 Å². The van der Waals surface area contributed by atoms with Crippen molar-refractivity contribution >= 4 is 5.97 Å². The number of benzene rings is 2. The van der Waals surface area contributed by atoms with Crippen molar-refractivity contribution in [3.8, 4) is 11.1 Å². The molecule has 2 aromatic rings. The summed E-state index contributed by atoms with van der Waals surface area (Å²) >= 11 is 0. The van der Waals surface area contributed by atoms with Gasteiger partial charge >= 0.3 is 5.97 Å². The van der Waals surface area contributed by atoms with E-state index in [9.17, 15) is 9.90 Å². The molecule has 0 aliphatic heterocycles. The second-order valence-corrected chi connectivity index (χ2v) is 5.56. The van der Waals surface area contributed by atoms with Gasteiger partial charge in [0.05, 0.1) is 6.61 Å². The lowest BCUT2D eigenvalue weighted by atomic mass is 10.00. The Hall–Kier alpha value is -2.17. The zero-order valence-corrected chi connectivity index (χ0v) is 13.4. The van der Waals surface area contributed by atoms with Crippen LogP contribution < -0.4 is 5.73 Å². The first-order valence-electron chi connectivity index (χ1n) is 7.86. The molecule has 4 heteroatoms. The van der Waals surface area contributed by atoms with Gasteiger partial charge in [-0.1, -0.05) is 54.6 Å². The molecule has 0 unspecified atom stereocenters. The van der Waals surface area contributed by atoms with Crippen molar-refractivity contribution in [1.82, 2.24) is 0 Å². The number of aliphatic hydroxyl groups is 1. The molecule has 0 heterocycles. The maximum Gasteiger partial charge on any atom is 0.353 e. The maximum atomic E-state index is 11.5. The van der Waals surface area contributed by atoms with Gasteiger partial charge in [0.2, 0.25) is 5.72 Å². The van der Waals surface area contributed by atoms with Gasteiger partial charge in [0.1, 0.15) is 0 Å². The highest BCUT2D eigenvalue weighted by Gasteiger charge is 2.31. The molecular formula is C19H23NO3. The summed E-state index contributed by atoms with van der Waals surface area (Å²) in [6.07, 6.45) is 1.52. The molecule has 122 valence electrons. The molecule has 0 spiro atoms. The molecule has 0 fully saturated rings. The van der Waals surface area contributed by atoms with Crippen LogP contribution in [0.15, 0.2) is 54.6 Å². The van der Waals surface area contributed by atoms with Crippen molar-refractivity contribution in [2.45, 2.75) is 31.9 Å². The monoisotopic (exact) mass is 313 g/mol. The molecular weight excluding hydrogens is 290 g/mol. The summed E-state index contributed by atoms with van der Waals surface area (Å²) in [6.45, 7) is 1.89. The Bertz CT molecular complexity index is 621. The SMILES string of the molecule is CCOC(=O)[C@](N)(O)CCCc1ccc(-c2ccccc2)cc1. The van der Waals surface area contributed by atoms with Crippen molar-refractivity contribution in [1.29, 1.82) is 0 Å². The molecule has 0 aromatic heterocycles. The van der Waals surface area contributed by atoms with Gasteiger partial charge in [0, 0.05) is 6.42 Å². The number of nitrogens with two attached hydrogens (primary N) is 1. The first-order chi connectivity index (χ1) is 11.0. The van der Waals surface area contributed by atoms with Crippen molar-refractivity contribution in [3.05, 3.63) is 60.2 Å². The summed E-state index contributed by atoms with van der Waals surface area (Å²) in [7, 11) is 0. The number of carbonyl (C=O) groups excluding carboxylic acids is 1. The van der Waals surface area contributed by atoms with E-state index >= 15 is 0 Å². The third kappa shape index (κ3) is 4.91. The lowest BCUT2D eigenvalue weighted by Gasteiger charge is -2.20. The van der Waals surface area contributed by atoms with Crippen LogP contribution in [0, 0.1) is 0 Å². The molecule has 4 nitrogen and oxygen atoms in total. The fourth-order valence-corrected chi connectivity index (χ4v) is 2.41. The second kappa shape index (κ2) is 7.90. The first kappa shape index (κ1) is 17.2. The van der Waals surface area contributed by atoms with Crippen molar-refractivity contribution in [2.24, 2.45) is 5.73 Å². The summed E-state index contributed by atoms with van der Waals surface area (Å²) in [5.41, 5.74) is 7.17. The van der Waals surface area contributed by atoms with Crippen molar-refractivity contribution < 1.29 is 14.6 Å². The van der Waals surface area contributed by atoms with Crippen LogP contribution in [0.25, 0.3) is 11.1 Å². The van der Waals surface area contributed by atoms with Gasteiger partial charge in [-0.25, -0.2) is 4.79 Å². The largest absolute Gasteiger partial charge is 0.463 e. The predicted molar refractivity (Wildman–Crippen MR) is 90.6 cm³/mol. The molecule has 3 N–H and O–H groups in total. The standard InChI is InChI=1S/C19H23NO3/c1-2-23-18(21)19(20,22)14-6-7-15-10-12-17(13-11-15)16-8-4-3-5-9-16/h3-5,8-13,22H,2,6-7,14,20H2,1H3/t19-/m1/s1. The topological polar surface area (TPSA) is 72.5 Å². The summed E-state index contributed by atoms with van der Waals surface area (Å²) in [5.74, 6) is -0.764. The van der Waals surface area contributed by atoms with E-state index in [-0.39, 0.29) is 13.0 Å². The molecule has 0 saturated heterocycles. The average molecular weight is 313 g/mol. The fourth-order valence-electron chi connectivity index (χ4n) is 2.41. The second-order valence-electron chi connectivity index (χ2n) is 5.56. The maximum absolute atomic E-state index is 11.5. The summed E-state index contributed by atoms with van der Waals surface area (Å²) < 4.78 is 4.76. The number of carbonyl (C=O) groups is 1. The zero-order valence-electron chi connectivity index (χ0n) is 13.4. The van der Waals surface area contributed by atoms with E-state index in [1.165, 1.54) is 5.56 Å². The Labute approximate surface area is 136 Å². The lowest BCUT2D eigenvalue weighted by Crippen LogP contribution is -2.49. The zero-order chi connectivity index (χ0) is 16.7. The molecule has 0 amide bonds. The van der Waals surface area contributed by atoms with Crippen LogP contribution in [0.3, 0.4) is 0 Å². The normalized spacial score (nSPS) is 13.3. The van der Waals surface area contributed by atoms with Crippen LogP contribution in [0.5, 0.6) is 0 Å². The smallest absolute Gasteiger partial charge is 0.353 e. The lowest BCUT2D eigenvalue weighted by molar-refractivity contribution is -0.165. The van der Waals surface area contributed by atoms with E-state index in [0.29, 0.717) is 6.42 Å². The van der Waals surface area contributed by atoms with Crippen LogP contribution in [0.2, 0.25) is 0 Å². The van der Waals surface area contributed by atoms with E-state index in [1.54, 1.807) is 6.92 Å². The third-order valence-corrected chi connectivity index (χ3v) is 3.71. The number of hydrogen-bond donors (Lipinski definition) is 2. The van der Waals surface area contributed by atoms with Crippen LogP contribution >= 0.6 is 0 Å². The molecule has 23 heavy (non-hydrogen) atoms. The number of aryl methyl sites for hydroxylation is 1. The Morgan fingerprint density at radius 3 is 2.30 bits per heavy atom. The van der Waals surface area contributed by atoms with E-state index in [1.807, 2.05) is 18.2 Å². The van der Waals surface area contributed by atoms with Crippen LogP contribution in [-0.2, 0) is 16.0 Å². The molecule has 0 aliphatic rings. The Morgan fingerprint density at radius 1 is 1.09 bits per heavy atom. The summed E-state index contributed by atoms with van der Waals surface area (Å²) in [6, 6.07) is 18.4. The van der Waals surface area contributed by atoms with E-state index in [2.05, 4.69) is 36.4 Å². The highest BCUT2D eigenvalue weighted by atomic mass is 16.6. The van der Waals surface area contributed by atoms with Crippen LogP contribution in [0.4, 0.5) is 0 Å². The minimum absolute atomic E-state index is 0.173. The Balaban J connectivity index is 1.88. The number of esters is 1. The third-order valence-electron chi connectivity index (χ3n) is 3.71. The van der Waals surface area contributed by atoms with Crippen molar-refractivity contribution in [3.63, 3.8) is 0 Å². The van der Waals surface area contributed by atoms with Gasteiger partial charge in [0.15, 0.2) is 0 Å². The molecule has 0 radical (unpaired) electrons. The van der Waals surface area contributed by atoms with Gasteiger partial charge in [-0.05, 0) is 36.5 Å². The number of hydrogen-bond acceptors (Lipinski definition) is 4. The van der Waals surface area contributed by atoms with Crippen LogP contribution in [0.1, 0.15) is 25.3 Å². The van der Waals surface area contributed by atoms with Gasteiger partial charge in [-0.15, -0.1) is 0 Å². The van der Waals surface area contributed by atoms with E-state index < -0.39 is 11.7 Å². The minimum atomic E-state index is -1.90. The molecule has 0 bridgehead atoms. The summed E-state index contributed by atoms with van der Waals surface area (Å²) in [4.78, 5) is 11.5. The molecule has 0 saturated carbocycles. The molecule has 2 rings (SSSR count). The quantitative estimate of drug-likeness (QED) is 0.609. The van der Waals surface area contributed by atoms with E-state index in [4.69, 9.17) is 10.5 Å². The van der Waals surface area contributed by atoms with Gasteiger partial charge in [-0.2, -0.15) is 0 Å². The predicted octanol–water partition coefficient (Wildman–Crippen LogP) is 2.89. The van der Waals surface area contributed by atoms with E-state index in [0.717, 1.165) is 17.5 Å². The molecule has 2 aromatic carbocycles. The molecule has 0 aliphatic carbocycles. The highest BCUT2D eigenvalue weighted by molar-refractivity contribution is 5.78. The molecule has 1 atom stereocenters. The first-order valence-corrected chi connectivity index (χ1v) is 7.86. The highest BCUT2D eigenvalue weighted by Crippen LogP contribution is 2.20. The average Bonchev–Trinajstić information content (AvgIpc) is 2.56. The van der Waals surface area contributed by atoms with Gasteiger partial charge in [0.25, 0.3) is 0 Å². The van der Waals surface area contributed by atoms with Crippen LogP contribution in [-0.4, -0.2) is 23.4 Å². The fraction of sp³-hybridized carbons (Fsp3) is 0.316. The van der Waals surface area contributed by atoms with Crippen molar-refractivity contribution in [2.75, 3.05) is 6.61 Å². The number of ether oxygens (including phenoxy) is 1. The Kier molecular flexibility index (Phi) is 5.90. The Morgan fingerprint density at radius 2 is 1.70 bits per heavy atom. The van der Waals surface area contributed by atoms with Gasteiger partial charge < -0.3 is 9.84 Å². The number of rotatable bonds is 7.